The van der Waals surface area contributed by atoms with Crippen LogP contribution in [-0.2, 0) is 6.18 Å². The minimum absolute atomic E-state index is 0.0493. The number of aromatic hydroxyl groups is 1. The summed E-state index contributed by atoms with van der Waals surface area (Å²) in [6.07, 6.45) is -3.19. The Kier molecular flexibility index (Phi) is 4.62. The zero-order valence-corrected chi connectivity index (χ0v) is 13.3. The summed E-state index contributed by atoms with van der Waals surface area (Å²) in [5, 5.41) is 15.3. The predicted molar refractivity (Wildman–Crippen MR) is 92.1 cm³/mol. The van der Waals surface area contributed by atoms with E-state index < -0.39 is 17.6 Å². The molecule has 0 aromatic heterocycles. The van der Waals surface area contributed by atoms with Gasteiger partial charge in [-0.2, -0.15) is 18.3 Å². The van der Waals surface area contributed by atoms with Crippen molar-refractivity contribution in [1.82, 2.24) is 5.43 Å². The highest BCUT2D eigenvalue weighted by Gasteiger charge is 2.29. The maximum atomic E-state index is 12.5. The lowest BCUT2D eigenvalue weighted by molar-refractivity contribution is -0.137. The molecule has 4 nitrogen and oxygen atoms in total. The van der Waals surface area contributed by atoms with Gasteiger partial charge in [-0.15, -0.1) is 0 Å². The van der Waals surface area contributed by atoms with E-state index in [0.717, 1.165) is 22.9 Å². The molecule has 0 spiro atoms. The van der Waals surface area contributed by atoms with Gasteiger partial charge in [-0.25, -0.2) is 5.43 Å². The molecule has 1 amide bonds. The second kappa shape index (κ2) is 6.87. The molecular weight excluding hydrogens is 345 g/mol. The number of nitrogens with zero attached hydrogens (tertiary/aromatic N) is 1. The summed E-state index contributed by atoms with van der Waals surface area (Å²) in [6, 6.07) is 14.6. The van der Waals surface area contributed by atoms with Crippen molar-refractivity contribution in [3.8, 4) is 5.75 Å². The number of phenols is 1. The number of hydrazone groups is 1. The van der Waals surface area contributed by atoms with E-state index in [1.807, 2.05) is 12.1 Å². The third-order valence-electron chi connectivity index (χ3n) is 3.73. The van der Waals surface area contributed by atoms with E-state index in [9.17, 15) is 23.1 Å². The highest BCUT2D eigenvalue weighted by Crippen LogP contribution is 2.29. The average Bonchev–Trinajstić information content (AvgIpc) is 2.60. The molecule has 3 rings (SSSR count). The summed E-state index contributed by atoms with van der Waals surface area (Å²) in [5.74, 6) is -0.817. The number of rotatable bonds is 3. The van der Waals surface area contributed by atoms with Crippen LogP contribution in [0.4, 0.5) is 13.2 Å². The highest BCUT2D eigenvalue weighted by molar-refractivity contribution is 6.01. The Labute approximate surface area is 146 Å². The molecule has 0 saturated heterocycles. The van der Waals surface area contributed by atoms with Crippen LogP contribution >= 0.6 is 0 Å². The van der Waals surface area contributed by atoms with E-state index in [2.05, 4.69) is 10.5 Å². The lowest BCUT2D eigenvalue weighted by Crippen LogP contribution is -2.17. The second-order valence-corrected chi connectivity index (χ2v) is 5.54. The quantitative estimate of drug-likeness (QED) is 0.541. The lowest BCUT2D eigenvalue weighted by Gasteiger charge is -2.06. The number of amides is 1. The zero-order valence-electron chi connectivity index (χ0n) is 13.3. The van der Waals surface area contributed by atoms with E-state index >= 15 is 0 Å². The molecule has 3 aromatic carbocycles. The summed E-state index contributed by atoms with van der Waals surface area (Å²) in [5.41, 5.74) is 1.92. The number of alkyl halides is 3. The number of carbonyl (C=O) groups excluding carboxylic acids is 1. The first-order chi connectivity index (χ1) is 12.3. The fourth-order valence-electron chi connectivity index (χ4n) is 2.39. The molecule has 132 valence electrons. The van der Waals surface area contributed by atoms with Crippen molar-refractivity contribution < 1.29 is 23.1 Å². The first kappa shape index (κ1) is 17.5. The van der Waals surface area contributed by atoms with Crippen LogP contribution < -0.4 is 5.43 Å². The number of phenolic OH excluding ortho intramolecular Hbond substituents is 1. The molecule has 26 heavy (non-hydrogen) atoms. The Balaban J connectivity index is 1.72. The Hall–Kier alpha value is -3.35. The van der Waals surface area contributed by atoms with Gasteiger partial charge in [0.15, 0.2) is 0 Å². The normalized spacial score (nSPS) is 11.8. The van der Waals surface area contributed by atoms with Crippen molar-refractivity contribution in [2.24, 2.45) is 5.10 Å². The molecule has 2 N–H and O–H groups in total. The number of fused-ring (bicyclic) bond motifs is 1. The fourth-order valence-corrected chi connectivity index (χ4v) is 2.39. The zero-order chi connectivity index (χ0) is 18.7. The Bertz CT molecular complexity index is 980. The Morgan fingerprint density at radius 3 is 2.23 bits per heavy atom. The Morgan fingerprint density at radius 2 is 1.62 bits per heavy atom. The van der Waals surface area contributed by atoms with Gasteiger partial charge >= 0.3 is 6.18 Å². The molecule has 3 aromatic rings. The third kappa shape index (κ3) is 3.83. The van der Waals surface area contributed by atoms with Gasteiger partial charge in [0.1, 0.15) is 5.75 Å². The first-order valence-electron chi connectivity index (χ1n) is 7.57. The fraction of sp³-hybridized carbons (Fsp3) is 0.0526. The van der Waals surface area contributed by atoms with Gasteiger partial charge in [-0.3, -0.25) is 4.79 Å². The van der Waals surface area contributed by atoms with Crippen LogP contribution in [0.5, 0.6) is 5.75 Å². The SMILES string of the molecule is O=C(NN=Cc1ccc(C(F)(F)F)cc1)c1cc2ccccc2cc1O. The minimum Gasteiger partial charge on any atom is -0.507 e. The van der Waals surface area contributed by atoms with Crippen LogP contribution in [0.1, 0.15) is 21.5 Å². The summed E-state index contributed by atoms with van der Waals surface area (Å²) in [4.78, 5) is 12.2. The van der Waals surface area contributed by atoms with Gasteiger partial charge in [-0.05, 0) is 40.6 Å². The molecule has 0 radical (unpaired) electrons. The Morgan fingerprint density at radius 1 is 1.00 bits per heavy atom. The molecule has 0 saturated carbocycles. The molecule has 0 bridgehead atoms. The van der Waals surface area contributed by atoms with Crippen LogP contribution in [0.2, 0.25) is 0 Å². The summed E-state index contributed by atoms with van der Waals surface area (Å²) < 4.78 is 37.5. The van der Waals surface area contributed by atoms with E-state index in [1.165, 1.54) is 30.5 Å². The van der Waals surface area contributed by atoms with Crippen molar-refractivity contribution >= 4 is 22.9 Å². The molecule has 0 atom stereocenters. The number of hydrogen-bond acceptors (Lipinski definition) is 3. The second-order valence-electron chi connectivity index (χ2n) is 5.54. The van der Waals surface area contributed by atoms with Crippen molar-refractivity contribution in [1.29, 1.82) is 0 Å². The van der Waals surface area contributed by atoms with E-state index in [-0.39, 0.29) is 11.3 Å². The first-order valence-corrected chi connectivity index (χ1v) is 7.57. The van der Waals surface area contributed by atoms with Crippen molar-refractivity contribution in [3.05, 3.63) is 77.4 Å². The number of hydrogen-bond donors (Lipinski definition) is 2. The standard InChI is InChI=1S/C19H13F3N2O2/c20-19(21,22)15-7-5-12(6-8-15)11-23-24-18(26)16-9-13-3-1-2-4-14(13)10-17(16)25/h1-11,25H,(H,24,26). The molecule has 0 aliphatic heterocycles. The molecule has 0 heterocycles. The molecular formula is C19H13F3N2O2. The van der Waals surface area contributed by atoms with E-state index in [4.69, 9.17) is 0 Å². The minimum atomic E-state index is -4.41. The monoisotopic (exact) mass is 358 g/mol. The predicted octanol–water partition coefficient (Wildman–Crippen LogP) is 4.33. The van der Waals surface area contributed by atoms with Gasteiger partial charge in [0.05, 0.1) is 17.3 Å². The number of halogens is 3. The summed E-state index contributed by atoms with van der Waals surface area (Å²) >= 11 is 0. The summed E-state index contributed by atoms with van der Waals surface area (Å²) in [7, 11) is 0. The number of benzene rings is 3. The lowest BCUT2D eigenvalue weighted by atomic mass is 10.1. The van der Waals surface area contributed by atoms with Crippen LogP contribution in [0.3, 0.4) is 0 Å². The van der Waals surface area contributed by atoms with Gasteiger partial charge < -0.3 is 5.11 Å². The van der Waals surface area contributed by atoms with Gasteiger partial charge in [0.25, 0.3) is 5.91 Å². The van der Waals surface area contributed by atoms with Crippen LogP contribution in [0.25, 0.3) is 10.8 Å². The average molecular weight is 358 g/mol. The molecule has 7 heteroatoms. The van der Waals surface area contributed by atoms with Gasteiger partial charge in [0.2, 0.25) is 0 Å². The summed E-state index contributed by atoms with van der Waals surface area (Å²) in [6.45, 7) is 0. The van der Waals surface area contributed by atoms with Crippen molar-refractivity contribution in [2.75, 3.05) is 0 Å². The van der Waals surface area contributed by atoms with Crippen molar-refractivity contribution in [2.45, 2.75) is 6.18 Å². The van der Waals surface area contributed by atoms with Crippen LogP contribution in [-0.4, -0.2) is 17.2 Å². The number of carbonyl (C=O) groups is 1. The topological polar surface area (TPSA) is 61.7 Å². The molecule has 0 aliphatic carbocycles. The van der Waals surface area contributed by atoms with E-state index in [0.29, 0.717) is 5.56 Å². The molecule has 0 aliphatic rings. The van der Waals surface area contributed by atoms with Crippen LogP contribution in [0.15, 0.2) is 65.8 Å². The highest BCUT2D eigenvalue weighted by atomic mass is 19.4. The largest absolute Gasteiger partial charge is 0.507 e. The van der Waals surface area contributed by atoms with Gasteiger partial charge in [-0.1, -0.05) is 36.4 Å². The van der Waals surface area contributed by atoms with Crippen LogP contribution in [0, 0.1) is 0 Å². The smallest absolute Gasteiger partial charge is 0.416 e. The van der Waals surface area contributed by atoms with Crippen molar-refractivity contribution in [3.63, 3.8) is 0 Å². The molecule has 0 fully saturated rings. The van der Waals surface area contributed by atoms with Gasteiger partial charge in [0, 0.05) is 0 Å². The van der Waals surface area contributed by atoms with E-state index in [1.54, 1.807) is 12.1 Å². The third-order valence-corrected chi connectivity index (χ3v) is 3.73. The number of nitrogens with one attached hydrogen (secondary N) is 1. The maximum absolute atomic E-state index is 12.5. The maximum Gasteiger partial charge on any atom is 0.416 e. The molecule has 0 unspecified atom stereocenters.